The molecule has 4 rings (SSSR count). The maximum atomic E-state index is 13.1. The molecule has 0 radical (unpaired) electrons. The van der Waals surface area contributed by atoms with Crippen LogP contribution in [0.5, 0.6) is 0 Å². The summed E-state index contributed by atoms with van der Waals surface area (Å²) in [6.45, 7) is 6.42. The number of carbonyl (C=O) groups is 1. The first-order chi connectivity index (χ1) is 13.5. The molecule has 1 saturated heterocycles. The molecule has 0 aliphatic carbocycles. The van der Waals surface area contributed by atoms with Gasteiger partial charge < -0.3 is 9.42 Å². The van der Waals surface area contributed by atoms with Gasteiger partial charge in [0.1, 0.15) is 5.76 Å². The minimum atomic E-state index is -0.152. The van der Waals surface area contributed by atoms with Gasteiger partial charge in [0.25, 0.3) is 5.91 Å². The lowest BCUT2D eigenvalue weighted by molar-refractivity contribution is 0.0599. The number of hydrogen-bond acceptors (Lipinski definition) is 6. The molecule has 7 nitrogen and oxygen atoms in total. The monoisotopic (exact) mass is 377 g/mol. The molecule has 1 atom stereocenters. The number of aromatic nitrogens is 4. The van der Waals surface area contributed by atoms with E-state index in [1.807, 2.05) is 31.7 Å². The maximum absolute atomic E-state index is 13.1. The Morgan fingerprint density at radius 2 is 2.07 bits per heavy atom. The SMILES string of the molecule is Cc1cc(-c2c(C)noc2C)nc([C@H]2CCCCN2C(=O)c2cccnc2)n1. The van der Waals surface area contributed by atoms with Crippen LogP contribution >= 0.6 is 0 Å². The Labute approximate surface area is 163 Å². The maximum Gasteiger partial charge on any atom is 0.256 e. The van der Waals surface area contributed by atoms with Gasteiger partial charge >= 0.3 is 0 Å². The molecule has 0 N–H and O–H groups in total. The van der Waals surface area contributed by atoms with E-state index in [2.05, 4.69) is 15.1 Å². The first-order valence-corrected chi connectivity index (χ1v) is 9.54. The number of piperidine rings is 1. The zero-order valence-electron chi connectivity index (χ0n) is 16.3. The van der Waals surface area contributed by atoms with Gasteiger partial charge in [0.15, 0.2) is 5.82 Å². The fourth-order valence-electron chi connectivity index (χ4n) is 3.82. The van der Waals surface area contributed by atoms with Gasteiger partial charge in [-0.15, -0.1) is 0 Å². The van der Waals surface area contributed by atoms with Crippen LogP contribution in [0.3, 0.4) is 0 Å². The van der Waals surface area contributed by atoms with Crippen molar-refractivity contribution in [3.63, 3.8) is 0 Å². The fraction of sp³-hybridized carbons (Fsp3) is 0.381. The van der Waals surface area contributed by atoms with E-state index in [-0.39, 0.29) is 11.9 Å². The number of aryl methyl sites for hydroxylation is 3. The second kappa shape index (κ2) is 7.50. The van der Waals surface area contributed by atoms with Crippen LogP contribution in [0.2, 0.25) is 0 Å². The summed E-state index contributed by atoms with van der Waals surface area (Å²) in [5.74, 6) is 1.38. The van der Waals surface area contributed by atoms with E-state index < -0.39 is 0 Å². The molecule has 0 spiro atoms. The van der Waals surface area contributed by atoms with Gasteiger partial charge in [-0.2, -0.15) is 0 Å². The molecule has 0 saturated carbocycles. The molecule has 28 heavy (non-hydrogen) atoms. The number of nitrogens with zero attached hydrogens (tertiary/aromatic N) is 5. The third kappa shape index (κ3) is 3.40. The minimum Gasteiger partial charge on any atom is -0.361 e. The van der Waals surface area contributed by atoms with Crippen molar-refractivity contribution in [2.45, 2.75) is 46.1 Å². The topological polar surface area (TPSA) is 85.0 Å². The van der Waals surface area contributed by atoms with E-state index in [1.54, 1.807) is 24.5 Å². The lowest BCUT2D eigenvalue weighted by atomic mass is 9.99. The van der Waals surface area contributed by atoms with Crippen molar-refractivity contribution in [1.82, 2.24) is 25.0 Å². The van der Waals surface area contributed by atoms with Gasteiger partial charge in [0.05, 0.1) is 28.6 Å². The van der Waals surface area contributed by atoms with Crippen molar-refractivity contribution < 1.29 is 9.32 Å². The molecule has 0 bridgehead atoms. The van der Waals surface area contributed by atoms with Crippen LogP contribution in [-0.4, -0.2) is 37.5 Å². The van der Waals surface area contributed by atoms with Crippen molar-refractivity contribution in [1.29, 1.82) is 0 Å². The Kier molecular flexibility index (Phi) is 4.90. The molecule has 7 heteroatoms. The van der Waals surface area contributed by atoms with Crippen molar-refractivity contribution >= 4 is 5.91 Å². The molecular formula is C21H23N5O2. The number of hydrogen-bond donors (Lipinski definition) is 0. The summed E-state index contributed by atoms with van der Waals surface area (Å²) >= 11 is 0. The van der Waals surface area contributed by atoms with E-state index in [1.165, 1.54) is 0 Å². The highest BCUT2D eigenvalue weighted by atomic mass is 16.5. The Bertz CT molecular complexity index is 980. The van der Waals surface area contributed by atoms with E-state index in [9.17, 15) is 4.79 Å². The summed E-state index contributed by atoms with van der Waals surface area (Å²) in [6, 6.07) is 5.37. The molecule has 0 unspecified atom stereocenters. The lowest BCUT2D eigenvalue weighted by Gasteiger charge is -2.35. The van der Waals surface area contributed by atoms with Crippen LogP contribution in [0.1, 0.15) is 58.6 Å². The Balaban J connectivity index is 1.73. The number of carbonyl (C=O) groups excluding carboxylic acids is 1. The molecule has 3 aromatic heterocycles. The van der Waals surface area contributed by atoms with Crippen LogP contribution in [-0.2, 0) is 0 Å². The molecule has 144 valence electrons. The van der Waals surface area contributed by atoms with Crippen molar-refractivity contribution in [2.24, 2.45) is 0 Å². The zero-order chi connectivity index (χ0) is 19.7. The second-order valence-electron chi connectivity index (χ2n) is 7.20. The van der Waals surface area contributed by atoms with Crippen LogP contribution in [0.4, 0.5) is 0 Å². The van der Waals surface area contributed by atoms with E-state index in [0.717, 1.165) is 47.7 Å². The average Bonchev–Trinajstić information content (AvgIpc) is 3.06. The third-order valence-electron chi connectivity index (χ3n) is 5.13. The normalized spacial score (nSPS) is 17.0. The highest BCUT2D eigenvalue weighted by molar-refractivity contribution is 5.94. The van der Waals surface area contributed by atoms with Gasteiger partial charge in [-0.25, -0.2) is 9.97 Å². The molecule has 1 aliphatic heterocycles. The van der Waals surface area contributed by atoms with Gasteiger partial charge in [-0.3, -0.25) is 9.78 Å². The van der Waals surface area contributed by atoms with Gasteiger partial charge in [0.2, 0.25) is 0 Å². The molecule has 3 aromatic rings. The zero-order valence-corrected chi connectivity index (χ0v) is 16.3. The predicted octanol–water partition coefficient (Wildman–Crippen LogP) is 3.82. The van der Waals surface area contributed by atoms with Crippen molar-refractivity contribution in [3.8, 4) is 11.3 Å². The van der Waals surface area contributed by atoms with Crippen LogP contribution in [0, 0.1) is 20.8 Å². The summed E-state index contributed by atoms with van der Waals surface area (Å²) in [7, 11) is 0. The Morgan fingerprint density at radius 3 is 2.79 bits per heavy atom. The van der Waals surface area contributed by atoms with Crippen molar-refractivity contribution in [3.05, 3.63) is 59.1 Å². The van der Waals surface area contributed by atoms with Crippen LogP contribution < -0.4 is 0 Å². The Hall–Kier alpha value is -3.09. The molecule has 4 heterocycles. The summed E-state index contributed by atoms with van der Waals surface area (Å²) < 4.78 is 5.31. The molecular weight excluding hydrogens is 354 g/mol. The first-order valence-electron chi connectivity index (χ1n) is 9.54. The summed E-state index contributed by atoms with van der Waals surface area (Å²) in [4.78, 5) is 28.6. The summed E-state index contributed by atoms with van der Waals surface area (Å²) in [6.07, 6.45) is 6.14. The van der Waals surface area contributed by atoms with Crippen molar-refractivity contribution in [2.75, 3.05) is 6.54 Å². The highest BCUT2D eigenvalue weighted by Gasteiger charge is 2.31. The average molecular weight is 377 g/mol. The first kappa shape index (κ1) is 18.3. The summed E-state index contributed by atoms with van der Waals surface area (Å²) in [5, 5.41) is 4.04. The summed E-state index contributed by atoms with van der Waals surface area (Å²) in [5.41, 5.74) is 3.94. The largest absolute Gasteiger partial charge is 0.361 e. The smallest absolute Gasteiger partial charge is 0.256 e. The molecule has 1 amide bonds. The Morgan fingerprint density at radius 1 is 1.21 bits per heavy atom. The predicted molar refractivity (Wildman–Crippen MR) is 104 cm³/mol. The minimum absolute atomic E-state index is 0.0261. The number of likely N-dealkylation sites (tertiary alicyclic amines) is 1. The standard InChI is InChI=1S/C21H23N5O2/c1-13-11-17(19-14(2)25-28-15(19)3)24-20(23-13)18-8-4-5-10-26(18)21(27)16-7-6-9-22-12-16/h6-7,9,11-12,18H,4-5,8,10H2,1-3H3/t18-/m1/s1. The quantitative estimate of drug-likeness (QED) is 0.690. The third-order valence-corrected chi connectivity index (χ3v) is 5.13. The molecule has 0 aromatic carbocycles. The van der Waals surface area contributed by atoms with Gasteiger partial charge in [-0.1, -0.05) is 5.16 Å². The number of pyridine rings is 1. The second-order valence-corrected chi connectivity index (χ2v) is 7.20. The molecule has 1 aliphatic rings. The van der Waals surface area contributed by atoms with Gasteiger partial charge in [0, 0.05) is 24.6 Å². The highest BCUT2D eigenvalue weighted by Crippen LogP contribution is 2.33. The van der Waals surface area contributed by atoms with Gasteiger partial charge in [-0.05, 0) is 58.2 Å². The fourth-order valence-corrected chi connectivity index (χ4v) is 3.82. The lowest BCUT2D eigenvalue weighted by Crippen LogP contribution is -2.39. The van der Waals surface area contributed by atoms with E-state index in [4.69, 9.17) is 9.51 Å². The van der Waals surface area contributed by atoms with Crippen LogP contribution in [0.25, 0.3) is 11.3 Å². The van der Waals surface area contributed by atoms with E-state index >= 15 is 0 Å². The molecule has 1 fully saturated rings. The van der Waals surface area contributed by atoms with E-state index in [0.29, 0.717) is 17.9 Å². The van der Waals surface area contributed by atoms with Crippen LogP contribution in [0.15, 0.2) is 35.1 Å². The number of amides is 1. The number of rotatable bonds is 3.